The van der Waals surface area contributed by atoms with Gasteiger partial charge in [0.1, 0.15) is 0 Å². The van der Waals surface area contributed by atoms with Crippen LogP contribution in [0.25, 0.3) is 0 Å². The Kier molecular flexibility index (Phi) is 5.73. The van der Waals surface area contributed by atoms with Crippen molar-refractivity contribution in [2.75, 3.05) is 13.1 Å². The van der Waals surface area contributed by atoms with E-state index >= 15 is 0 Å². The molecule has 19 heavy (non-hydrogen) atoms. The van der Waals surface area contributed by atoms with Crippen LogP contribution in [0, 0.1) is 5.92 Å². The first kappa shape index (κ1) is 16.8. The van der Waals surface area contributed by atoms with E-state index in [1.165, 1.54) is 4.31 Å². The zero-order valence-corrected chi connectivity index (χ0v) is 13.6. The molecular formula is C12H25N3O2S2. The molecule has 1 aliphatic heterocycles. The van der Waals surface area contributed by atoms with Gasteiger partial charge in [-0.05, 0) is 31.6 Å². The van der Waals surface area contributed by atoms with Crippen LogP contribution in [-0.4, -0.2) is 36.3 Å². The molecule has 0 atom stereocenters. The van der Waals surface area contributed by atoms with E-state index < -0.39 is 15.7 Å². The first-order chi connectivity index (χ1) is 8.77. The van der Waals surface area contributed by atoms with E-state index in [9.17, 15) is 8.42 Å². The first-order valence-electron chi connectivity index (χ1n) is 6.86. The van der Waals surface area contributed by atoms with Gasteiger partial charge < -0.3 is 5.73 Å². The van der Waals surface area contributed by atoms with Gasteiger partial charge in [0.2, 0.25) is 0 Å². The Labute approximate surface area is 122 Å². The van der Waals surface area contributed by atoms with Crippen molar-refractivity contribution in [3.63, 3.8) is 0 Å². The normalized spacial score (nSPS) is 19.5. The Morgan fingerprint density at radius 1 is 1.37 bits per heavy atom. The van der Waals surface area contributed by atoms with Crippen LogP contribution in [0.1, 0.15) is 46.5 Å². The maximum absolute atomic E-state index is 12.4. The maximum atomic E-state index is 12.4. The maximum Gasteiger partial charge on any atom is 0.280 e. The number of nitrogens with two attached hydrogens (primary N) is 1. The SMILES string of the molecule is CCC(CC)(NS(=O)(=O)N1CCC(C)CC1)C(N)=S. The molecule has 0 aliphatic carbocycles. The topological polar surface area (TPSA) is 75.4 Å². The van der Waals surface area contributed by atoms with Gasteiger partial charge in [-0.2, -0.15) is 17.4 Å². The fourth-order valence-electron chi connectivity index (χ4n) is 2.33. The van der Waals surface area contributed by atoms with E-state index in [1.807, 2.05) is 13.8 Å². The molecule has 0 aromatic rings. The van der Waals surface area contributed by atoms with Gasteiger partial charge in [0.15, 0.2) is 0 Å². The van der Waals surface area contributed by atoms with Crippen LogP contribution in [0.3, 0.4) is 0 Å². The lowest BCUT2D eigenvalue weighted by Gasteiger charge is -2.36. The molecule has 7 heteroatoms. The summed E-state index contributed by atoms with van der Waals surface area (Å²) in [6, 6.07) is 0. The third-order valence-electron chi connectivity index (χ3n) is 4.09. The van der Waals surface area contributed by atoms with Gasteiger partial charge in [-0.3, -0.25) is 0 Å². The predicted octanol–water partition coefficient (Wildman–Crippen LogP) is 1.40. The van der Waals surface area contributed by atoms with Crippen molar-refractivity contribution in [2.24, 2.45) is 11.7 Å². The summed E-state index contributed by atoms with van der Waals surface area (Å²) in [7, 11) is -3.52. The van der Waals surface area contributed by atoms with E-state index in [-0.39, 0.29) is 4.99 Å². The fraction of sp³-hybridized carbons (Fsp3) is 0.917. The molecule has 0 amide bonds. The summed E-state index contributed by atoms with van der Waals surface area (Å²) in [5.41, 5.74) is 4.93. The zero-order valence-electron chi connectivity index (χ0n) is 12.0. The Morgan fingerprint density at radius 3 is 2.21 bits per heavy atom. The molecular weight excluding hydrogens is 282 g/mol. The molecule has 5 nitrogen and oxygen atoms in total. The Morgan fingerprint density at radius 2 is 1.84 bits per heavy atom. The summed E-state index contributed by atoms with van der Waals surface area (Å²) < 4.78 is 29.1. The molecule has 1 saturated heterocycles. The van der Waals surface area contributed by atoms with Crippen LogP contribution in [0.4, 0.5) is 0 Å². The van der Waals surface area contributed by atoms with Crippen molar-refractivity contribution in [3.05, 3.63) is 0 Å². The van der Waals surface area contributed by atoms with E-state index in [0.717, 1.165) is 12.8 Å². The molecule has 0 radical (unpaired) electrons. The molecule has 1 fully saturated rings. The summed E-state index contributed by atoms with van der Waals surface area (Å²) in [5.74, 6) is 0.587. The molecule has 1 heterocycles. The van der Waals surface area contributed by atoms with Crippen molar-refractivity contribution < 1.29 is 8.42 Å². The summed E-state index contributed by atoms with van der Waals surface area (Å²) in [5, 5.41) is 0. The second-order valence-electron chi connectivity index (χ2n) is 5.34. The van der Waals surface area contributed by atoms with Crippen LogP contribution in [0.5, 0.6) is 0 Å². The molecule has 0 unspecified atom stereocenters. The Balaban J connectivity index is 2.86. The van der Waals surface area contributed by atoms with Gasteiger partial charge in [-0.15, -0.1) is 0 Å². The summed E-state index contributed by atoms with van der Waals surface area (Å²) in [6.45, 7) is 7.07. The van der Waals surface area contributed by atoms with Crippen LogP contribution >= 0.6 is 12.2 Å². The second-order valence-corrected chi connectivity index (χ2v) is 7.45. The van der Waals surface area contributed by atoms with Crippen LogP contribution in [0.15, 0.2) is 0 Å². The van der Waals surface area contributed by atoms with Gasteiger partial charge in [0, 0.05) is 13.1 Å². The van der Waals surface area contributed by atoms with Gasteiger partial charge in [-0.1, -0.05) is 33.0 Å². The highest BCUT2D eigenvalue weighted by atomic mass is 32.2. The molecule has 0 saturated carbocycles. The molecule has 3 N–H and O–H groups in total. The minimum absolute atomic E-state index is 0.214. The third-order valence-corrected chi connectivity index (χ3v) is 6.17. The van der Waals surface area contributed by atoms with Crippen molar-refractivity contribution in [1.82, 2.24) is 9.03 Å². The van der Waals surface area contributed by atoms with Crippen molar-refractivity contribution in [1.29, 1.82) is 0 Å². The molecule has 1 rings (SSSR count). The van der Waals surface area contributed by atoms with Crippen LogP contribution in [0.2, 0.25) is 0 Å². The van der Waals surface area contributed by atoms with E-state index in [1.54, 1.807) is 0 Å². The lowest BCUT2D eigenvalue weighted by Crippen LogP contribution is -2.59. The van der Waals surface area contributed by atoms with E-state index in [0.29, 0.717) is 31.8 Å². The molecule has 0 bridgehead atoms. The predicted molar refractivity (Wildman–Crippen MR) is 82.1 cm³/mol. The average Bonchev–Trinajstić information content (AvgIpc) is 2.36. The number of nitrogens with one attached hydrogen (secondary N) is 1. The lowest BCUT2D eigenvalue weighted by atomic mass is 9.94. The smallest absolute Gasteiger partial charge is 0.280 e. The van der Waals surface area contributed by atoms with Crippen LogP contribution in [-0.2, 0) is 10.2 Å². The third kappa shape index (κ3) is 3.87. The first-order valence-corrected chi connectivity index (χ1v) is 8.71. The summed E-state index contributed by atoms with van der Waals surface area (Å²) >= 11 is 5.05. The van der Waals surface area contributed by atoms with Crippen molar-refractivity contribution >= 4 is 27.4 Å². The number of rotatable bonds is 6. The minimum atomic E-state index is -3.52. The van der Waals surface area contributed by atoms with Crippen molar-refractivity contribution in [2.45, 2.75) is 52.0 Å². The van der Waals surface area contributed by atoms with Gasteiger partial charge in [0.25, 0.3) is 10.2 Å². The fourth-order valence-corrected chi connectivity index (χ4v) is 4.45. The molecule has 0 spiro atoms. The highest BCUT2D eigenvalue weighted by Gasteiger charge is 2.37. The Bertz CT molecular complexity index is 411. The van der Waals surface area contributed by atoms with Crippen molar-refractivity contribution in [3.8, 4) is 0 Å². The molecule has 112 valence electrons. The Hall–Kier alpha value is -0.240. The highest BCUT2D eigenvalue weighted by molar-refractivity contribution is 7.87. The highest BCUT2D eigenvalue weighted by Crippen LogP contribution is 2.22. The van der Waals surface area contributed by atoms with Crippen LogP contribution < -0.4 is 10.5 Å². The van der Waals surface area contributed by atoms with Gasteiger partial charge in [0.05, 0.1) is 10.5 Å². The average molecular weight is 307 g/mol. The minimum Gasteiger partial charge on any atom is -0.392 e. The number of thiocarbonyl (C=S) groups is 1. The second kappa shape index (κ2) is 6.47. The largest absolute Gasteiger partial charge is 0.392 e. The standard InChI is InChI=1S/C12H25N3O2S2/c1-4-12(5-2,11(13)18)14-19(16,17)15-8-6-10(3)7-9-15/h10,14H,4-9H2,1-3H3,(H2,13,18). The number of piperidine rings is 1. The number of hydrogen-bond donors (Lipinski definition) is 2. The molecule has 1 aliphatic rings. The molecule has 0 aromatic carbocycles. The summed E-state index contributed by atoms with van der Waals surface area (Å²) in [6.07, 6.45) is 2.92. The number of nitrogens with zero attached hydrogens (tertiary/aromatic N) is 1. The monoisotopic (exact) mass is 307 g/mol. The van der Waals surface area contributed by atoms with Gasteiger partial charge in [-0.25, -0.2) is 0 Å². The quantitative estimate of drug-likeness (QED) is 0.727. The van der Waals surface area contributed by atoms with Gasteiger partial charge >= 0.3 is 0 Å². The van der Waals surface area contributed by atoms with E-state index in [2.05, 4.69) is 11.6 Å². The zero-order chi connectivity index (χ0) is 14.7. The van der Waals surface area contributed by atoms with E-state index in [4.69, 9.17) is 18.0 Å². The number of hydrogen-bond acceptors (Lipinski definition) is 3. The lowest BCUT2D eigenvalue weighted by molar-refractivity contribution is 0.280. The molecule has 0 aromatic heterocycles. The summed E-state index contributed by atoms with van der Waals surface area (Å²) in [4.78, 5) is 0.214.